The van der Waals surface area contributed by atoms with Gasteiger partial charge in [0.05, 0.1) is 12.2 Å². The van der Waals surface area contributed by atoms with Gasteiger partial charge < -0.3 is 20.7 Å². The number of nitrogen functional groups attached to an aromatic ring is 1. The third kappa shape index (κ3) is 2.78. The highest BCUT2D eigenvalue weighted by atomic mass is 32.1. The summed E-state index contributed by atoms with van der Waals surface area (Å²) in [5, 5.41) is 20.3. The summed E-state index contributed by atoms with van der Waals surface area (Å²) in [5.74, 6) is -0.121. The molecule has 23 heavy (non-hydrogen) atoms. The van der Waals surface area contributed by atoms with E-state index in [1.807, 2.05) is 6.92 Å². The van der Waals surface area contributed by atoms with Gasteiger partial charge in [0.1, 0.15) is 10.8 Å². The fraction of sp³-hybridized carbons (Fsp3) is 0.615. The van der Waals surface area contributed by atoms with Crippen LogP contribution in [0.3, 0.4) is 0 Å². The number of thiazole rings is 1. The molecule has 2 aromatic rings. The first-order chi connectivity index (χ1) is 10.9. The van der Waals surface area contributed by atoms with Crippen LogP contribution in [0, 0.1) is 0 Å². The molecule has 2 aromatic heterocycles. The van der Waals surface area contributed by atoms with Crippen molar-refractivity contribution in [2.75, 3.05) is 5.73 Å². The Morgan fingerprint density at radius 1 is 1.57 bits per heavy atom. The largest absolute Gasteiger partial charge is 0.390 e. The van der Waals surface area contributed by atoms with E-state index in [-0.39, 0.29) is 22.7 Å². The molecule has 0 aliphatic carbocycles. The van der Waals surface area contributed by atoms with Crippen LogP contribution in [-0.4, -0.2) is 43.1 Å². The Labute approximate surface area is 134 Å². The van der Waals surface area contributed by atoms with E-state index in [0.717, 1.165) is 11.0 Å². The van der Waals surface area contributed by atoms with Crippen molar-refractivity contribution in [3.05, 3.63) is 20.0 Å². The standard InChI is InChI=1S/C13H18N4O5S/c1-2-3-5(18)7-4-6(19)11(22-7)17-9-8(23-13(17)21)10(20)16-12(14)15-9/h5-7,11,18-19H,2-4H2,1H3,(H3,14,15,16,20)/t5?,6-,7+,11-/m1/s1. The molecule has 0 radical (unpaired) electrons. The van der Waals surface area contributed by atoms with E-state index >= 15 is 0 Å². The van der Waals surface area contributed by atoms with E-state index < -0.39 is 35.0 Å². The average molecular weight is 342 g/mol. The first kappa shape index (κ1) is 16.1. The summed E-state index contributed by atoms with van der Waals surface area (Å²) in [7, 11) is 0. The zero-order chi connectivity index (χ0) is 16.7. The van der Waals surface area contributed by atoms with E-state index in [4.69, 9.17) is 10.5 Å². The van der Waals surface area contributed by atoms with Crippen LogP contribution in [0.2, 0.25) is 0 Å². The van der Waals surface area contributed by atoms with Gasteiger partial charge in [-0.2, -0.15) is 4.98 Å². The van der Waals surface area contributed by atoms with Crippen LogP contribution >= 0.6 is 11.3 Å². The monoisotopic (exact) mass is 342 g/mol. The van der Waals surface area contributed by atoms with Crippen LogP contribution in [0.15, 0.2) is 9.59 Å². The second-order valence-corrected chi connectivity index (χ2v) is 6.53. The van der Waals surface area contributed by atoms with Crippen molar-refractivity contribution in [2.24, 2.45) is 0 Å². The second-order valence-electron chi connectivity index (χ2n) is 5.57. The number of fused-ring (bicyclic) bond motifs is 1. The third-order valence-electron chi connectivity index (χ3n) is 3.88. The minimum Gasteiger partial charge on any atom is -0.390 e. The maximum Gasteiger partial charge on any atom is 0.311 e. The highest BCUT2D eigenvalue weighted by Crippen LogP contribution is 2.32. The molecule has 0 aromatic carbocycles. The summed E-state index contributed by atoms with van der Waals surface area (Å²) >= 11 is 0.715. The molecule has 3 rings (SSSR count). The number of rotatable bonds is 4. The maximum absolute atomic E-state index is 12.2. The van der Waals surface area contributed by atoms with Crippen molar-refractivity contribution >= 4 is 27.6 Å². The first-order valence-electron chi connectivity index (χ1n) is 7.34. The van der Waals surface area contributed by atoms with Crippen molar-refractivity contribution in [3.8, 4) is 0 Å². The normalized spacial score (nSPS) is 26.0. The van der Waals surface area contributed by atoms with Crippen LogP contribution < -0.4 is 16.2 Å². The lowest BCUT2D eigenvalue weighted by Gasteiger charge is -2.19. The number of nitrogens with zero attached hydrogens (tertiary/aromatic N) is 2. The molecule has 0 saturated carbocycles. The summed E-state index contributed by atoms with van der Waals surface area (Å²) in [6.45, 7) is 1.93. The number of nitrogens with one attached hydrogen (secondary N) is 1. The lowest BCUT2D eigenvalue weighted by molar-refractivity contribution is -0.0763. The molecule has 9 nitrogen and oxygen atoms in total. The fourth-order valence-electron chi connectivity index (χ4n) is 2.81. The lowest BCUT2D eigenvalue weighted by Crippen LogP contribution is -2.28. The minimum absolute atomic E-state index is 0.0796. The molecule has 1 saturated heterocycles. The van der Waals surface area contributed by atoms with Gasteiger partial charge in [0, 0.05) is 6.42 Å². The smallest absolute Gasteiger partial charge is 0.311 e. The molecule has 1 fully saturated rings. The molecule has 0 spiro atoms. The van der Waals surface area contributed by atoms with Crippen molar-refractivity contribution in [1.29, 1.82) is 0 Å². The van der Waals surface area contributed by atoms with Gasteiger partial charge >= 0.3 is 4.87 Å². The highest BCUT2D eigenvalue weighted by Gasteiger charge is 2.40. The number of hydrogen-bond acceptors (Lipinski definition) is 8. The summed E-state index contributed by atoms with van der Waals surface area (Å²) in [5.41, 5.74) is 5.10. The van der Waals surface area contributed by atoms with Crippen LogP contribution in [-0.2, 0) is 4.74 Å². The van der Waals surface area contributed by atoms with Crippen LogP contribution in [0.5, 0.6) is 0 Å². The van der Waals surface area contributed by atoms with E-state index in [9.17, 15) is 19.8 Å². The van der Waals surface area contributed by atoms with Gasteiger partial charge in [-0.3, -0.25) is 19.1 Å². The van der Waals surface area contributed by atoms with Gasteiger partial charge in [-0.15, -0.1) is 0 Å². The van der Waals surface area contributed by atoms with Crippen molar-refractivity contribution in [1.82, 2.24) is 14.5 Å². The number of ether oxygens (including phenoxy) is 1. The van der Waals surface area contributed by atoms with Gasteiger partial charge in [0.2, 0.25) is 5.95 Å². The molecule has 0 bridgehead atoms. The molecule has 0 amide bonds. The van der Waals surface area contributed by atoms with E-state index in [2.05, 4.69) is 9.97 Å². The van der Waals surface area contributed by atoms with E-state index in [0.29, 0.717) is 17.8 Å². The van der Waals surface area contributed by atoms with Crippen molar-refractivity contribution in [3.63, 3.8) is 0 Å². The van der Waals surface area contributed by atoms with Gasteiger partial charge in [-0.05, 0) is 6.42 Å². The maximum atomic E-state index is 12.2. The van der Waals surface area contributed by atoms with Gasteiger partial charge in [-0.1, -0.05) is 24.7 Å². The predicted molar refractivity (Wildman–Crippen MR) is 84.4 cm³/mol. The Balaban J connectivity index is 2.02. The molecule has 3 heterocycles. The summed E-state index contributed by atoms with van der Waals surface area (Å²) in [6.07, 6.45) is -1.76. The number of nitrogens with two attached hydrogens (primary N) is 1. The average Bonchev–Trinajstić information content (AvgIpc) is 2.99. The highest BCUT2D eigenvalue weighted by molar-refractivity contribution is 7.16. The molecular weight excluding hydrogens is 324 g/mol. The zero-order valence-electron chi connectivity index (χ0n) is 12.4. The number of aliphatic hydroxyl groups is 2. The van der Waals surface area contributed by atoms with Gasteiger partial charge in [0.15, 0.2) is 11.9 Å². The van der Waals surface area contributed by atoms with Crippen LogP contribution in [0.4, 0.5) is 5.95 Å². The third-order valence-corrected chi connectivity index (χ3v) is 4.82. The topological polar surface area (TPSA) is 143 Å². The second kappa shape index (κ2) is 6.04. The Morgan fingerprint density at radius 3 is 3.00 bits per heavy atom. The fourth-order valence-corrected chi connectivity index (χ4v) is 3.65. The van der Waals surface area contributed by atoms with E-state index in [1.165, 1.54) is 0 Å². The Hall–Kier alpha value is -1.75. The number of anilines is 1. The quantitative estimate of drug-likeness (QED) is 0.588. The lowest BCUT2D eigenvalue weighted by atomic mass is 10.1. The number of H-pyrrole nitrogens is 1. The molecule has 4 atom stereocenters. The molecule has 1 aliphatic rings. The van der Waals surface area contributed by atoms with Gasteiger partial charge in [-0.25, -0.2) is 0 Å². The minimum atomic E-state index is -0.999. The van der Waals surface area contributed by atoms with Crippen LogP contribution in [0.25, 0.3) is 10.3 Å². The number of aromatic amines is 1. The number of hydrogen-bond donors (Lipinski definition) is 4. The molecule has 10 heteroatoms. The predicted octanol–water partition coefficient (Wildman–Crippen LogP) is -0.462. The van der Waals surface area contributed by atoms with Crippen molar-refractivity contribution in [2.45, 2.75) is 50.7 Å². The first-order valence-corrected chi connectivity index (χ1v) is 8.16. The van der Waals surface area contributed by atoms with Crippen molar-refractivity contribution < 1.29 is 14.9 Å². The summed E-state index contributed by atoms with van der Waals surface area (Å²) in [6, 6.07) is 0. The molecule has 1 aliphatic heterocycles. The molecule has 5 N–H and O–H groups in total. The molecular formula is C13H18N4O5S. The number of aromatic nitrogens is 3. The SMILES string of the molecule is CCCC(O)[C@@H]1C[C@@H](O)[C@H](n2c(=O)sc3c(=O)[nH]c(N)nc32)O1. The Bertz CT molecular complexity index is 828. The van der Waals surface area contributed by atoms with Crippen LogP contribution in [0.1, 0.15) is 32.4 Å². The Morgan fingerprint density at radius 2 is 2.30 bits per heavy atom. The van der Waals surface area contributed by atoms with Gasteiger partial charge in [0.25, 0.3) is 5.56 Å². The Kier molecular flexibility index (Phi) is 4.23. The molecule has 1 unspecified atom stereocenters. The van der Waals surface area contributed by atoms with E-state index in [1.54, 1.807) is 0 Å². The summed E-state index contributed by atoms with van der Waals surface area (Å²) in [4.78, 5) is 29.9. The molecule has 126 valence electrons. The summed E-state index contributed by atoms with van der Waals surface area (Å²) < 4.78 is 6.93. The zero-order valence-corrected chi connectivity index (χ0v) is 13.2. The number of aliphatic hydroxyl groups excluding tert-OH is 2.